The summed E-state index contributed by atoms with van der Waals surface area (Å²) in [5.41, 5.74) is 3.59. The van der Waals surface area contributed by atoms with Crippen LogP contribution in [0.4, 0.5) is 0 Å². The van der Waals surface area contributed by atoms with Crippen LogP contribution < -0.4 is 19.9 Å². The Labute approximate surface area is 195 Å². The first-order valence-corrected chi connectivity index (χ1v) is 10.7. The highest BCUT2D eigenvalue weighted by molar-refractivity contribution is 5.67. The van der Waals surface area contributed by atoms with Crippen molar-refractivity contribution in [1.29, 1.82) is 5.26 Å². The molecule has 0 saturated carbocycles. The van der Waals surface area contributed by atoms with E-state index in [-0.39, 0.29) is 18.2 Å². The summed E-state index contributed by atoms with van der Waals surface area (Å²) in [5.74, 6) is 1.98. The zero-order chi connectivity index (χ0) is 23.5. The summed E-state index contributed by atoms with van der Waals surface area (Å²) >= 11 is 0. The third kappa shape index (κ3) is 4.19. The zero-order valence-corrected chi connectivity index (χ0v) is 18.4. The van der Waals surface area contributed by atoms with Crippen molar-refractivity contribution in [3.05, 3.63) is 94.2 Å². The van der Waals surface area contributed by atoms with Gasteiger partial charge in [0, 0.05) is 24.4 Å². The fourth-order valence-electron chi connectivity index (χ4n) is 3.92. The number of methoxy groups -OCH3 is 1. The van der Waals surface area contributed by atoms with Crippen LogP contribution in [0, 0.1) is 11.3 Å². The summed E-state index contributed by atoms with van der Waals surface area (Å²) in [6, 6.07) is 18.5. The molecule has 0 radical (unpaired) electrons. The largest absolute Gasteiger partial charge is 0.497 e. The lowest BCUT2D eigenvalue weighted by atomic mass is 9.97. The number of ether oxygens (including phenoxy) is 3. The molecule has 5 rings (SSSR count). The van der Waals surface area contributed by atoms with Crippen LogP contribution in [0.25, 0.3) is 11.3 Å². The Bertz CT molecular complexity index is 1460. The summed E-state index contributed by atoms with van der Waals surface area (Å²) in [6.07, 6.45) is 3.95. The molecule has 2 aromatic heterocycles. The third-order valence-electron chi connectivity index (χ3n) is 5.59. The van der Waals surface area contributed by atoms with E-state index in [1.54, 1.807) is 60.5 Å². The van der Waals surface area contributed by atoms with E-state index in [4.69, 9.17) is 14.2 Å². The average molecular weight is 452 g/mol. The fourth-order valence-corrected chi connectivity index (χ4v) is 3.92. The maximum absolute atomic E-state index is 12.6. The molecule has 0 N–H and O–H groups in total. The first-order chi connectivity index (χ1) is 16.6. The lowest BCUT2D eigenvalue weighted by molar-refractivity contribution is 0.291. The molecular formula is C26H20N4O4. The molecule has 0 unspecified atom stereocenters. The smallest absolute Gasteiger partial charge is 0.351 e. The Morgan fingerprint density at radius 3 is 2.82 bits per heavy atom. The summed E-state index contributed by atoms with van der Waals surface area (Å²) in [5, 5.41) is 9.55. The number of hydrogen-bond acceptors (Lipinski definition) is 7. The molecule has 0 fully saturated rings. The molecule has 0 aliphatic carbocycles. The number of aryl methyl sites for hydroxylation is 1. The zero-order valence-electron chi connectivity index (χ0n) is 18.4. The van der Waals surface area contributed by atoms with Gasteiger partial charge in [-0.1, -0.05) is 6.07 Å². The number of benzene rings is 2. The van der Waals surface area contributed by atoms with Gasteiger partial charge in [-0.3, -0.25) is 9.55 Å². The Balaban J connectivity index is 1.37. The number of nitrogens with zero attached hydrogens (tertiary/aromatic N) is 4. The van der Waals surface area contributed by atoms with Gasteiger partial charge < -0.3 is 14.2 Å². The van der Waals surface area contributed by atoms with Gasteiger partial charge in [0.15, 0.2) is 0 Å². The van der Waals surface area contributed by atoms with E-state index in [1.807, 2.05) is 18.2 Å². The molecule has 0 atom stereocenters. The molecule has 168 valence electrons. The minimum atomic E-state index is -0.355. The van der Waals surface area contributed by atoms with Crippen LogP contribution in [0.5, 0.6) is 23.1 Å². The molecule has 0 saturated heterocycles. The molecule has 4 aromatic rings. The molecule has 1 aliphatic rings. The molecule has 2 aromatic carbocycles. The summed E-state index contributed by atoms with van der Waals surface area (Å²) in [6.45, 7) is 0.693. The van der Waals surface area contributed by atoms with Crippen molar-refractivity contribution >= 4 is 0 Å². The number of pyridine rings is 1. The second-order valence-corrected chi connectivity index (χ2v) is 7.71. The summed E-state index contributed by atoms with van der Waals surface area (Å²) in [4.78, 5) is 20.7. The van der Waals surface area contributed by atoms with Crippen molar-refractivity contribution in [2.45, 2.75) is 19.6 Å². The van der Waals surface area contributed by atoms with Crippen LogP contribution in [-0.4, -0.2) is 21.6 Å². The van der Waals surface area contributed by atoms with Gasteiger partial charge in [0.2, 0.25) is 5.88 Å². The molecule has 3 heterocycles. The van der Waals surface area contributed by atoms with E-state index >= 15 is 0 Å². The lowest BCUT2D eigenvalue weighted by Crippen LogP contribution is -2.28. The topological polar surface area (TPSA) is 99.3 Å². The number of nitriles is 1. The van der Waals surface area contributed by atoms with Crippen molar-refractivity contribution < 1.29 is 14.2 Å². The van der Waals surface area contributed by atoms with Gasteiger partial charge in [0.1, 0.15) is 29.9 Å². The average Bonchev–Trinajstić information content (AvgIpc) is 2.88. The second kappa shape index (κ2) is 9.08. The van der Waals surface area contributed by atoms with Gasteiger partial charge in [-0.05, 0) is 60.0 Å². The monoisotopic (exact) mass is 452 g/mol. The van der Waals surface area contributed by atoms with Gasteiger partial charge in [-0.2, -0.15) is 10.2 Å². The van der Waals surface area contributed by atoms with Crippen molar-refractivity contribution in [3.8, 4) is 40.5 Å². The number of hydrogen-bond donors (Lipinski definition) is 0. The molecule has 1 aliphatic heterocycles. The molecule has 0 bridgehead atoms. The Morgan fingerprint density at radius 1 is 1.12 bits per heavy atom. The van der Waals surface area contributed by atoms with Crippen molar-refractivity contribution in [2.75, 3.05) is 7.11 Å². The predicted molar refractivity (Wildman–Crippen MR) is 124 cm³/mol. The third-order valence-corrected chi connectivity index (χ3v) is 5.59. The molecule has 34 heavy (non-hydrogen) atoms. The summed E-state index contributed by atoms with van der Waals surface area (Å²) < 4.78 is 18.6. The second-order valence-electron chi connectivity index (χ2n) is 7.71. The van der Waals surface area contributed by atoms with E-state index < -0.39 is 0 Å². The Hall–Kier alpha value is -4.64. The van der Waals surface area contributed by atoms with Gasteiger partial charge in [-0.15, -0.1) is 0 Å². The van der Waals surface area contributed by atoms with Crippen LogP contribution in [0.2, 0.25) is 0 Å². The van der Waals surface area contributed by atoms with Crippen molar-refractivity contribution in [2.24, 2.45) is 0 Å². The van der Waals surface area contributed by atoms with Crippen LogP contribution in [0.3, 0.4) is 0 Å². The summed E-state index contributed by atoms with van der Waals surface area (Å²) in [7, 11) is 1.63. The number of rotatable bonds is 6. The van der Waals surface area contributed by atoms with E-state index in [0.717, 1.165) is 34.6 Å². The minimum absolute atomic E-state index is 0.146. The quantitative estimate of drug-likeness (QED) is 0.434. The van der Waals surface area contributed by atoms with Crippen LogP contribution in [0.15, 0.2) is 71.8 Å². The van der Waals surface area contributed by atoms with Crippen LogP contribution in [0.1, 0.15) is 16.7 Å². The Morgan fingerprint density at radius 2 is 2.03 bits per heavy atom. The van der Waals surface area contributed by atoms with E-state index in [1.165, 1.54) is 0 Å². The lowest BCUT2D eigenvalue weighted by Gasteiger charge is -2.22. The SMILES string of the molecule is COc1ccc2c(c1)CCn1c-2cc(OCc2ccc(Oc3cccnc3)c(C#N)c2)nc1=O. The van der Waals surface area contributed by atoms with Crippen molar-refractivity contribution in [1.82, 2.24) is 14.5 Å². The van der Waals surface area contributed by atoms with Gasteiger partial charge in [0.05, 0.1) is 24.6 Å². The molecule has 0 amide bonds. The molecular weight excluding hydrogens is 432 g/mol. The van der Waals surface area contributed by atoms with Gasteiger partial charge in [0.25, 0.3) is 0 Å². The number of aromatic nitrogens is 3. The predicted octanol–water partition coefficient (Wildman–Crippen LogP) is 4.11. The van der Waals surface area contributed by atoms with Crippen LogP contribution >= 0.6 is 0 Å². The highest BCUT2D eigenvalue weighted by Gasteiger charge is 2.19. The first kappa shape index (κ1) is 21.2. The van der Waals surface area contributed by atoms with E-state index in [2.05, 4.69) is 16.0 Å². The maximum Gasteiger partial charge on any atom is 0.351 e. The first-order valence-electron chi connectivity index (χ1n) is 10.7. The minimum Gasteiger partial charge on any atom is -0.497 e. The van der Waals surface area contributed by atoms with Crippen molar-refractivity contribution in [3.63, 3.8) is 0 Å². The Kier molecular flexibility index (Phi) is 5.67. The van der Waals surface area contributed by atoms with E-state index in [9.17, 15) is 10.1 Å². The molecule has 8 nitrogen and oxygen atoms in total. The van der Waals surface area contributed by atoms with E-state index in [0.29, 0.717) is 23.6 Å². The normalized spacial score (nSPS) is 11.6. The van der Waals surface area contributed by atoms with Gasteiger partial charge in [-0.25, -0.2) is 4.79 Å². The van der Waals surface area contributed by atoms with Gasteiger partial charge >= 0.3 is 5.69 Å². The fraction of sp³-hybridized carbons (Fsp3) is 0.154. The molecule has 8 heteroatoms. The van der Waals surface area contributed by atoms with Crippen LogP contribution in [-0.2, 0) is 19.6 Å². The highest BCUT2D eigenvalue weighted by atomic mass is 16.5. The standard InChI is InChI=1S/C26H20N4O4/c1-32-20-5-6-22-18(12-20)8-10-30-23(22)13-25(29-26(30)31)33-16-17-4-7-24(19(11-17)14-27)34-21-3-2-9-28-15-21/h2-7,9,11-13,15H,8,10,16H2,1H3. The highest BCUT2D eigenvalue weighted by Crippen LogP contribution is 2.32. The molecule has 0 spiro atoms. The number of fused-ring (bicyclic) bond motifs is 3. The maximum atomic E-state index is 12.6.